The van der Waals surface area contributed by atoms with Crippen molar-refractivity contribution in [2.45, 2.75) is 25.9 Å². The largest absolute Gasteiger partial charge is 0.378 e. The van der Waals surface area contributed by atoms with Gasteiger partial charge in [0.2, 0.25) is 0 Å². The summed E-state index contributed by atoms with van der Waals surface area (Å²) in [6.45, 7) is 3.89. The first-order valence-electron chi connectivity index (χ1n) is 7.43. The maximum atomic E-state index is 12.2. The van der Waals surface area contributed by atoms with E-state index in [0.29, 0.717) is 24.6 Å². The minimum atomic E-state index is -0.0619. The molecule has 1 saturated heterocycles. The van der Waals surface area contributed by atoms with Crippen LogP contribution in [0.4, 0.5) is 0 Å². The Bertz CT molecular complexity index is 545. The SMILES string of the molecule is CCC1OCCC1CNC(=O)c1cccc(C#CCN)c1. The van der Waals surface area contributed by atoms with Crippen LogP contribution in [0.15, 0.2) is 24.3 Å². The van der Waals surface area contributed by atoms with Crippen LogP contribution in [0.5, 0.6) is 0 Å². The van der Waals surface area contributed by atoms with Crippen LogP contribution in [0.2, 0.25) is 0 Å². The first-order chi connectivity index (χ1) is 10.2. The van der Waals surface area contributed by atoms with Crippen LogP contribution < -0.4 is 11.1 Å². The van der Waals surface area contributed by atoms with E-state index in [9.17, 15) is 4.79 Å². The summed E-state index contributed by atoms with van der Waals surface area (Å²) < 4.78 is 5.63. The Labute approximate surface area is 126 Å². The highest BCUT2D eigenvalue weighted by atomic mass is 16.5. The fourth-order valence-electron chi connectivity index (χ4n) is 2.59. The molecule has 112 valence electrons. The van der Waals surface area contributed by atoms with E-state index in [1.54, 1.807) is 12.1 Å². The predicted octanol–water partition coefficient (Wildman–Crippen LogP) is 1.54. The number of carbonyl (C=O) groups is 1. The minimum Gasteiger partial charge on any atom is -0.378 e. The van der Waals surface area contributed by atoms with Gasteiger partial charge >= 0.3 is 0 Å². The number of nitrogens with one attached hydrogen (secondary N) is 1. The lowest BCUT2D eigenvalue weighted by molar-refractivity contribution is 0.0827. The van der Waals surface area contributed by atoms with Gasteiger partial charge in [-0.1, -0.05) is 24.8 Å². The van der Waals surface area contributed by atoms with Gasteiger partial charge in [0.1, 0.15) is 0 Å². The molecule has 21 heavy (non-hydrogen) atoms. The summed E-state index contributed by atoms with van der Waals surface area (Å²) in [4.78, 5) is 12.2. The molecule has 0 spiro atoms. The van der Waals surface area contributed by atoms with Gasteiger partial charge in [0.25, 0.3) is 5.91 Å². The molecule has 1 aromatic rings. The molecule has 1 aromatic carbocycles. The molecule has 2 rings (SSSR count). The van der Waals surface area contributed by atoms with Crippen LogP contribution in [0.3, 0.4) is 0 Å². The van der Waals surface area contributed by atoms with E-state index in [1.165, 1.54) is 0 Å². The smallest absolute Gasteiger partial charge is 0.251 e. The molecular weight excluding hydrogens is 264 g/mol. The Morgan fingerprint density at radius 2 is 2.38 bits per heavy atom. The number of ether oxygens (including phenoxy) is 1. The van der Waals surface area contributed by atoms with Crippen molar-refractivity contribution in [2.24, 2.45) is 11.7 Å². The highest BCUT2D eigenvalue weighted by Crippen LogP contribution is 2.22. The van der Waals surface area contributed by atoms with Crippen molar-refractivity contribution >= 4 is 5.91 Å². The topological polar surface area (TPSA) is 64.3 Å². The highest BCUT2D eigenvalue weighted by molar-refractivity contribution is 5.94. The number of amides is 1. The number of carbonyl (C=O) groups excluding carboxylic acids is 1. The van der Waals surface area contributed by atoms with Gasteiger partial charge in [0.05, 0.1) is 12.6 Å². The molecule has 0 saturated carbocycles. The normalized spacial score (nSPS) is 20.7. The van der Waals surface area contributed by atoms with Crippen molar-refractivity contribution < 1.29 is 9.53 Å². The minimum absolute atomic E-state index is 0.0619. The van der Waals surface area contributed by atoms with Crippen LogP contribution in [0, 0.1) is 17.8 Å². The fraction of sp³-hybridized carbons (Fsp3) is 0.471. The van der Waals surface area contributed by atoms with Gasteiger partial charge < -0.3 is 15.8 Å². The molecule has 0 aromatic heterocycles. The lowest BCUT2D eigenvalue weighted by Crippen LogP contribution is -2.32. The van der Waals surface area contributed by atoms with E-state index in [4.69, 9.17) is 10.5 Å². The number of hydrogen-bond donors (Lipinski definition) is 2. The maximum Gasteiger partial charge on any atom is 0.251 e. The summed E-state index contributed by atoms with van der Waals surface area (Å²) in [6.07, 6.45) is 2.28. The van der Waals surface area contributed by atoms with Crippen LogP contribution >= 0.6 is 0 Å². The Balaban J connectivity index is 1.94. The molecule has 0 bridgehead atoms. The van der Waals surface area contributed by atoms with Crippen LogP contribution in [-0.4, -0.2) is 31.7 Å². The van der Waals surface area contributed by atoms with Crippen molar-refractivity contribution in [3.05, 3.63) is 35.4 Å². The second kappa shape index (κ2) is 7.82. The molecule has 1 fully saturated rings. The van der Waals surface area contributed by atoms with Crippen molar-refractivity contribution in [2.75, 3.05) is 19.7 Å². The summed E-state index contributed by atoms with van der Waals surface area (Å²) in [7, 11) is 0. The van der Waals surface area contributed by atoms with E-state index >= 15 is 0 Å². The third-order valence-electron chi connectivity index (χ3n) is 3.73. The Kier molecular flexibility index (Phi) is 5.79. The standard InChI is InChI=1S/C17H22N2O2/c1-2-16-15(8-10-21-16)12-19-17(20)14-7-3-5-13(11-14)6-4-9-18/h3,5,7,11,15-16H,2,8-10,12,18H2,1H3,(H,19,20). The second-order valence-corrected chi connectivity index (χ2v) is 5.16. The van der Waals surface area contributed by atoms with Gasteiger partial charge in [-0.25, -0.2) is 0 Å². The number of hydrogen-bond acceptors (Lipinski definition) is 3. The average Bonchev–Trinajstić information content (AvgIpc) is 2.98. The summed E-state index contributed by atoms with van der Waals surface area (Å²) in [6, 6.07) is 7.30. The lowest BCUT2D eigenvalue weighted by atomic mass is 9.99. The fourth-order valence-corrected chi connectivity index (χ4v) is 2.59. The molecule has 3 N–H and O–H groups in total. The molecule has 2 atom stereocenters. The lowest BCUT2D eigenvalue weighted by Gasteiger charge is -2.17. The van der Waals surface area contributed by atoms with Crippen molar-refractivity contribution in [1.29, 1.82) is 0 Å². The summed E-state index contributed by atoms with van der Waals surface area (Å²) in [5, 5.41) is 3.00. The summed E-state index contributed by atoms with van der Waals surface area (Å²) in [5.74, 6) is 6.08. The summed E-state index contributed by atoms with van der Waals surface area (Å²) in [5.41, 5.74) is 6.79. The predicted molar refractivity (Wildman–Crippen MR) is 82.8 cm³/mol. The highest BCUT2D eigenvalue weighted by Gasteiger charge is 2.26. The van der Waals surface area contributed by atoms with E-state index in [-0.39, 0.29) is 12.0 Å². The zero-order chi connectivity index (χ0) is 15.1. The average molecular weight is 286 g/mol. The van der Waals surface area contributed by atoms with Gasteiger partial charge in [-0.05, 0) is 31.0 Å². The first kappa shape index (κ1) is 15.6. The molecule has 0 radical (unpaired) electrons. The molecule has 4 heteroatoms. The molecule has 1 heterocycles. The van der Waals surface area contributed by atoms with E-state index in [2.05, 4.69) is 24.1 Å². The maximum absolute atomic E-state index is 12.2. The van der Waals surface area contributed by atoms with Gasteiger partial charge in [-0.2, -0.15) is 0 Å². The van der Waals surface area contributed by atoms with Crippen molar-refractivity contribution in [3.63, 3.8) is 0 Å². The molecule has 2 unspecified atom stereocenters. The third kappa shape index (κ3) is 4.32. The molecule has 1 aliphatic rings. The van der Waals surface area contributed by atoms with Gasteiger partial charge in [0.15, 0.2) is 0 Å². The molecule has 4 nitrogen and oxygen atoms in total. The Morgan fingerprint density at radius 1 is 1.52 bits per heavy atom. The van der Waals surface area contributed by atoms with Crippen LogP contribution in [0.25, 0.3) is 0 Å². The molecular formula is C17H22N2O2. The van der Waals surface area contributed by atoms with E-state index in [0.717, 1.165) is 25.0 Å². The Morgan fingerprint density at radius 3 is 3.14 bits per heavy atom. The first-order valence-corrected chi connectivity index (χ1v) is 7.43. The monoisotopic (exact) mass is 286 g/mol. The van der Waals surface area contributed by atoms with Crippen molar-refractivity contribution in [1.82, 2.24) is 5.32 Å². The van der Waals surface area contributed by atoms with Gasteiger partial charge in [0, 0.05) is 30.2 Å². The van der Waals surface area contributed by atoms with E-state index in [1.807, 2.05) is 12.1 Å². The van der Waals surface area contributed by atoms with Crippen molar-refractivity contribution in [3.8, 4) is 11.8 Å². The third-order valence-corrected chi connectivity index (χ3v) is 3.73. The van der Waals surface area contributed by atoms with Crippen LogP contribution in [-0.2, 0) is 4.74 Å². The molecule has 0 aliphatic carbocycles. The zero-order valence-electron chi connectivity index (χ0n) is 12.4. The van der Waals surface area contributed by atoms with E-state index < -0.39 is 0 Å². The second-order valence-electron chi connectivity index (χ2n) is 5.16. The van der Waals surface area contributed by atoms with Gasteiger partial charge in [-0.15, -0.1) is 0 Å². The number of benzene rings is 1. The quantitative estimate of drug-likeness (QED) is 0.825. The zero-order valence-corrected chi connectivity index (χ0v) is 12.4. The van der Waals surface area contributed by atoms with Gasteiger partial charge in [-0.3, -0.25) is 4.79 Å². The number of rotatable bonds is 4. The summed E-state index contributed by atoms with van der Waals surface area (Å²) >= 11 is 0. The molecule has 1 amide bonds. The van der Waals surface area contributed by atoms with Crippen LogP contribution in [0.1, 0.15) is 35.7 Å². The Hall–Kier alpha value is -1.83. The number of nitrogens with two attached hydrogens (primary N) is 1. The molecule has 1 aliphatic heterocycles.